The van der Waals surface area contributed by atoms with Crippen LogP contribution in [0.4, 0.5) is 0 Å². The summed E-state index contributed by atoms with van der Waals surface area (Å²) in [6.45, 7) is 2.83. The molecule has 2 nitrogen and oxygen atoms in total. The van der Waals surface area contributed by atoms with Gasteiger partial charge in [-0.1, -0.05) is 54.6 Å². The van der Waals surface area contributed by atoms with E-state index in [1.807, 2.05) is 0 Å². The number of nitrogens with two attached hydrogens (primary N) is 1. The molecule has 1 aliphatic carbocycles. The van der Waals surface area contributed by atoms with Gasteiger partial charge < -0.3 is 11.1 Å². The molecule has 0 radical (unpaired) electrons. The van der Waals surface area contributed by atoms with Gasteiger partial charge in [0, 0.05) is 18.6 Å². The summed E-state index contributed by atoms with van der Waals surface area (Å²) in [7, 11) is 0. The molecule has 2 heteroatoms. The van der Waals surface area contributed by atoms with Gasteiger partial charge >= 0.3 is 0 Å². The average Bonchev–Trinajstić information content (AvgIpc) is 3.38. The van der Waals surface area contributed by atoms with Gasteiger partial charge in [-0.15, -0.1) is 0 Å². The van der Waals surface area contributed by atoms with Crippen LogP contribution in [0.25, 0.3) is 0 Å². The molecule has 0 aliphatic heterocycles. The van der Waals surface area contributed by atoms with Gasteiger partial charge in [0.2, 0.25) is 0 Å². The monoisotopic (exact) mass is 280 g/mol. The number of nitrogens with one attached hydrogen (secondary N) is 1. The topological polar surface area (TPSA) is 38.0 Å². The number of hydrogen-bond acceptors (Lipinski definition) is 2. The van der Waals surface area contributed by atoms with Crippen LogP contribution < -0.4 is 11.1 Å². The van der Waals surface area contributed by atoms with Gasteiger partial charge in [0.25, 0.3) is 0 Å². The Labute approximate surface area is 127 Å². The maximum absolute atomic E-state index is 6.06. The van der Waals surface area contributed by atoms with Crippen LogP contribution >= 0.6 is 0 Å². The third kappa shape index (κ3) is 3.34. The van der Waals surface area contributed by atoms with Gasteiger partial charge in [0.1, 0.15) is 0 Å². The van der Waals surface area contributed by atoms with Gasteiger partial charge in [0.15, 0.2) is 0 Å². The highest BCUT2D eigenvalue weighted by atomic mass is 15.0. The van der Waals surface area contributed by atoms with Crippen LogP contribution in [0.1, 0.15) is 54.5 Å². The highest BCUT2D eigenvalue weighted by Crippen LogP contribution is 2.43. The first-order valence-electron chi connectivity index (χ1n) is 7.89. The normalized spacial score (nSPS) is 17.4. The van der Waals surface area contributed by atoms with Crippen molar-refractivity contribution in [2.75, 3.05) is 6.54 Å². The van der Waals surface area contributed by atoms with Gasteiger partial charge in [-0.2, -0.15) is 0 Å². The molecular formula is C19H24N2. The molecule has 2 unspecified atom stereocenters. The van der Waals surface area contributed by atoms with Crippen LogP contribution in [0.2, 0.25) is 0 Å². The van der Waals surface area contributed by atoms with Gasteiger partial charge in [-0.3, -0.25) is 0 Å². The largest absolute Gasteiger partial charge is 0.329 e. The molecule has 0 saturated heterocycles. The highest BCUT2D eigenvalue weighted by molar-refractivity contribution is 5.36. The fraction of sp³-hybridized carbons (Fsp3) is 0.368. The van der Waals surface area contributed by atoms with E-state index in [0.29, 0.717) is 12.6 Å². The molecule has 1 fully saturated rings. The molecule has 0 spiro atoms. The van der Waals surface area contributed by atoms with Gasteiger partial charge in [-0.25, -0.2) is 0 Å². The average molecular weight is 280 g/mol. The minimum Gasteiger partial charge on any atom is -0.329 e. The van der Waals surface area contributed by atoms with Crippen molar-refractivity contribution in [2.24, 2.45) is 5.73 Å². The third-order valence-electron chi connectivity index (χ3n) is 4.38. The van der Waals surface area contributed by atoms with Crippen molar-refractivity contribution < 1.29 is 0 Å². The second-order valence-corrected chi connectivity index (χ2v) is 5.99. The van der Waals surface area contributed by atoms with Crippen molar-refractivity contribution in [3.8, 4) is 0 Å². The summed E-state index contributed by atoms with van der Waals surface area (Å²) in [4.78, 5) is 0. The SMILES string of the molecule is CC(NC(CN)c1ccccc1C1CC1)c1ccccc1. The Hall–Kier alpha value is -1.64. The maximum atomic E-state index is 6.06. The first-order valence-corrected chi connectivity index (χ1v) is 7.89. The van der Waals surface area contributed by atoms with E-state index in [4.69, 9.17) is 5.73 Å². The number of rotatable bonds is 6. The van der Waals surface area contributed by atoms with E-state index in [-0.39, 0.29) is 6.04 Å². The lowest BCUT2D eigenvalue weighted by Gasteiger charge is -2.25. The Balaban J connectivity index is 1.79. The molecule has 0 bridgehead atoms. The Bertz CT molecular complexity index is 575. The van der Waals surface area contributed by atoms with Crippen LogP contribution in [0.5, 0.6) is 0 Å². The van der Waals surface area contributed by atoms with E-state index in [1.165, 1.54) is 29.5 Å². The van der Waals surface area contributed by atoms with Crippen LogP contribution in [0, 0.1) is 0 Å². The smallest absolute Gasteiger partial charge is 0.0452 e. The Morgan fingerprint density at radius 3 is 2.38 bits per heavy atom. The molecule has 0 aromatic heterocycles. The maximum Gasteiger partial charge on any atom is 0.0452 e. The summed E-state index contributed by atoms with van der Waals surface area (Å²) >= 11 is 0. The predicted octanol–water partition coefficient (Wildman–Crippen LogP) is 3.91. The summed E-state index contributed by atoms with van der Waals surface area (Å²) < 4.78 is 0. The summed E-state index contributed by atoms with van der Waals surface area (Å²) in [6.07, 6.45) is 2.64. The van der Waals surface area contributed by atoms with Crippen molar-refractivity contribution in [2.45, 2.75) is 37.8 Å². The Kier molecular flexibility index (Phi) is 4.37. The zero-order valence-corrected chi connectivity index (χ0v) is 12.6. The summed E-state index contributed by atoms with van der Waals surface area (Å²) in [6, 6.07) is 19.8. The van der Waals surface area contributed by atoms with Crippen LogP contribution in [-0.2, 0) is 0 Å². The molecule has 2 aromatic rings. The Morgan fingerprint density at radius 1 is 1.05 bits per heavy atom. The van der Waals surface area contributed by atoms with E-state index < -0.39 is 0 Å². The quantitative estimate of drug-likeness (QED) is 0.842. The highest BCUT2D eigenvalue weighted by Gasteiger charge is 2.28. The molecule has 1 saturated carbocycles. The molecule has 1 aliphatic rings. The van der Waals surface area contributed by atoms with E-state index in [9.17, 15) is 0 Å². The first kappa shape index (κ1) is 14.3. The number of benzene rings is 2. The zero-order valence-electron chi connectivity index (χ0n) is 12.6. The first-order chi connectivity index (χ1) is 10.3. The molecule has 2 atom stereocenters. The summed E-state index contributed by atoms with van der Waals surface area (Å²) in [5.41, 5.74) is 10.2. The van der Waals surface area contributed by atoms with Crippen LogP contribution in [0.3, 0.4) is 0 Å². The van der Waals surface area contributed by atoms with Crippen LogP contribution in [0.15, 0.2) is 54.6 Å². The lowest BCUT2D eigenvalue weighted by molar-refractivity contribution is 0.471. The van der Waals surface area contributed by atoms with Crippen molar-refractivity contribution in [3.05, 3.63) is 71.3 Å². The second kappa shape index (κ2) is 6.42. The van der Waals surface area contributed by atoms with Crippen LogP contribution in [-0.4, -0.2) is 6.54 Å². The van der Waals surface area contributed by atoms with Crippen molar-refractivity contribution >= 4 is 0 Å². The molecule has 110 valence electrons. The van der Waals surface area contributed by atoms with Crippen molar-refractivity contribution in [1.82, 2.24) is 5.32 Å². The van der Waals surface area contributed by atoms with E-state index >= 15 is 0 Å². The molecule has 0 amide bonds. The van der Waals surface area contributed by atoms with Gasteiger partial charge in [0.05, 0.1) is 0 Å². The van der Waals surface area contributed by atoms with Crippen molar-refractivity contribution in [1.29, 1.82) is 0 Å². The minimum absolute atomic E-state index is 0.219. The molecule has 21 heavy (non-hydrogen) atoms. The lowest BCUT2D eigenvalue weighted by Crippen LogP contribution is -2.31. The molecule has 2 aromatic carbocycles. The predicted molar refractivity (Wildman–Crippen MR) is 88.2 cm³/mol. The zero-order chi connectivity index (χ0) is 14.7. The molecule has 0 heterocycles. The molecule has 3 N–H and O–H groups in total. The standard InChI is InChI=1S/C19H24N2/c1-14(15-7-3-2-4-8-15)21-19(13-20)18-10-6-5-9-17(18)16-11-12-16/h2-10,14,16,19,21H,11-13,20H2,1H3. The summed E-state index contributed by atoms with van der Waals surface area (Å²) in [5.74, 6) is 0.754. The number of hydrogen-bond donors (Lipinski definition) is 2. The summed E-state index contributed by atoms with van der Waals surface area (Å²) in [5, 5.41) is 3.70. The fourth-order valence-corrected chi connectivity index (χ4v) is 3.02. The van der Waals surface area contributed by atoms with E-state index in [1.54, 1.807) is 0 Å². The second-order valence-electron chi connectivity index (χ2n) is 5.99. The molecule has 3 rings (SSSR count). The molecular weight excluding hydrogens is 256 g/mol. The lowest BCUT2D eigenvalue weighted by atomic mass is 9.96. The fourth-order valence-electron chi connectivity index (χ4n) is 3.02. The Morgan fingerprint density at radius 2 is 1.71 bits per heavy atom. The van der Waals surface area contributed by atoms with E-state index in [2.05, 4.69) is 66.8 Å². The minimum atomic E-state index is 0.219. The van der Waals surface area contributed by atoms with Crippen molar-refractivity contribution in [3.63, 3.8) is 0 Å². The van der Waals surface area contributed by atoms with E-state index in [0.717, 1.165) is 5.92 Å². The third-order valence-corrected chi connectivity index (χ3v) is 4.38. The van der Waals surface area contributed by atoms with Gasteiger partial charge in [-0.05, 0) is 42.4 Å².